The number of ether oxygens (including phenoxy) is 3. The summed E-state index contributed by atoms with van der Waals surface area (Å²) >= 11 is 6.16. The standard InChI is InChI=1S/C20H26ClN3O4/c1-20(2,3)28-19(25)17(12-5-7-22-8-6-12)27-16-10-14-13(9-15(16)26-4)18(21)24-11-23-14/h9-12,17,22H,5-8H2,1-4H3. The molecule has 0 aliphatic carbocycles. The zero-order valence-corrected chi connectivity index (χ0v) is 17.4. The van der Waals surface area contributed by atoms with Crippen LogP contribution in [0.4, 0.5) is 0 Å². The smallest absolute Gasteiger partial charge is 0.348 e. The van der Waals surface area contributed by atoms with Gasteiger partial charge in [0.1, 0.15) is 17.1 Å². The molecular weight excluding hydrogens is 382 g/mol. The molecule has 1 aliphatic rings. The molecule has 0 spiro atoms. The first-order valence-electron chi connectivity index (χ1n) is 9.37. The van der Waals surface area contributed by atoms with Gasteiger partial charge in [-0.1, -0.05) is 11.6 Å². The average molecular weight is 408 g/mol. The molecule has 0 saturated carbocycles. The van der Waals surface area contributed by atoms with Gasteiger partial charge in [0.15, 0.2) is 17.6 Å². The number of halogens is 1. The molecule has 3 rings (SSSR count). The van der Waals surface area contributed by atoms with Crippen molar-refractivity contribution in [2.75, 3.05) is 20.2 Å². The van der Waals surface area contributed by atoms with Gasteiger partial charge in [0.2, 0.25) is 0 Å². The third kappa shape index (κ3) is 4.83. The molecule has 1 saturated heterocycles. The Bertz CT molecular complexity index is 847. The lowest BCUT2D eigenvalue weighted by Gasteiger charge is -2.32. The van der Waals surface area contributed by atoms with Crippen LogP contribution in [0.3, 0.4) is 0 Å². The maximum atomic E-state index is 12.9. The Hall–Kier alpha value is -2.12. The number of aromatic nitrogens is 2. The summed E-state index contributed by atoms with van der Waals surface area (Å²) in [6.45, 7) is 7.22. The maximum Gasteiger partial charge on any atom is 0.348 e. The van der Waals surface area contributed by atoms with Gasteiger partial charge in [-0.3, -0.25) is 0 Å². The molecular formula is C20H26ClN3O4. The number of methoxy groups -OCH3 is 1. The highest BCUT2D eigenvalue weighted by Gasteiger charge is 2.35. The predicted octanol–water partition coefficient (Wildman–Crippen LogP) is 3.38. The van der Waals surface area contributed by atoms with Crippen molar-refractivity contribution in [1.29, 1.82) is 0 Å². The first-order chi connectivity index (χ1) is 13.3. The van der Waals surface area contributed by atoms with Gasteiger partial charge in [-0.25, -0.2) is 14.8 Å². The fourth-order valence-electron chi connectivity index (χ4n) is 3.26. The Morgan fingerprint density at radius 2 is 1.93 bits per heavy atom. The van der Waals surface area contributed by atoms with E-state index >= 15 is 0 Å². The second kappa shape index (κ2) is 8.49. The molecule has 0 radical (unpaired) electrons. The Balaban J connectivity index is 1.96. The van der Waals surface area contributed by atoms with E-state index in [-0.39, 0.29) is 11.9 Å². The molecule has 1 fully saturated rings. The molecule has 1 unspecified atom stereocenters. The normalized spacial score (nSPS) is 16.6. The van der Waals surface area contributed by atoms with Gasteiger partial charge in [-0.15, -0.1) is 0 Å². The van der Waals surface area contributed by atoms with Gasteiger partial charge in [0.25, 0.3) is 0 Å². The van der Waals surface area contributed by atoms with Crippen LogP contribution in [0.2, 0.25) is 5.15 Å². The third-order valence-electron chi connectivity index (χ3n) is 4.58. The average Bonchev–Trinajstić information content (AvgIpc) is 2.65. The minimum absolute atomic E-state index is 0.0468. The number of carbonyl (C=O) groups excluding carboxylic acids is 1. The van der Waals surface area contributed by atoms with E-state index in [1.807, 2.05) is 20.8 Å². The van der Waals surface area contributed by atoms with Gasteiger partial charge in [0.05, 0.1) is 12.6 Å². The van der Waals surface area contributed by atoms with Crippen molar-refractivity contribution in [1.82, 2.24) is 15.3 Å². The molecule has 1 aliphatic heterocycles. The molecule has 2 aromatic rings. The summed E-state index contributed by atoms with van der Waals surface area (Å²) in [5, 5.41) is 4.30. The van der Waals surface area contributed by atoms with Crippen LogP contribution in [-0.2, 0) is 9.53 Å². The molecule has 1 aromatic heterocycles. The number of hydrogen-bond acceptors (Lipinski definition) is 7. The lowest BCUT2D eigenvalue weighted by atomic mass is 9.92. The first kappa shape index (κ1) is 20.6. The first-order valence-corrected chi connectivity index (χ1v) is 9.75. The topological polar surface area (TPSA) is 82.6 Å². The SMILES string of the molecule is COc1cc2c(Cl)ncnc2cc1OC(C(=O)OC(C)(C)C)C1CCNCC1. The van der Waals surface area contributed by atoms with E-state index in [1.54, 1.807) is 19.2 Å². The second-order valence-electron chi connectivity index (χ2n) is 7.84. The van der Waals surface area contributed by atoms with Gasteiger partial charge in [0, 0.05) is 17.4 Å². The minimum atomic E-state index is -0.731. The fraction of sp³-hybridized carbons (Fsp3) is 0.550. The highest BCUT2D eigenvalue weighted by atomic mass is 35.5. The van der Waals surface area contributed by atoms with Crippen molar-refractivity contribution in [2.45, 2.75) is 45.3 Å². The molecule has 1 N–H and O–H groups in total. The second-order valence-corrected chi connectivity index (χ2v) is 8.20. The maximum absolute atomic E-state index is 12.9. The van der Waals surface area contributed by atoms with E-state index < -0.39 is 11.7 Å². The van der Waals surface area contributed by atoms with Crippen LogP contribution in [0.1, 0.15) is 33.6 Å². The third-order valence-corrected chi connectivity index (χ3v) is 4.88. The number of nitrogens with zero attached hydrogens (tertiary/aromatic N) is 2. The fourth-order valence-corrected chi connectivity index (χ4v) is 3.46. The number of piperidine rings is 1. The summed E-state index contributed by atoms with van der Waals surface area (Å²) < 4.78 is 17.3. The largest absolute Gasteiger partial charge is 0.493 e. The quantitative estimate of drug-likeness (QED) is 0.600. The van der Waals surface area contributed by atoms with Crippen molar-refractivity contribution < 1.29 is 19.0 Å². The summed E-state index contributed by atoms with van der Waals surface area (Å²) in [7, 11) is 1.54. The highest BCUT2D eigenvalue weighted by molar-refractivity contribution is 6.34. The zero-order valence-electron chi connectivity index (χ0n) is 16.6. The molecule has 1 aromatic carbocycles. The van der Waals surface area contributed by atoms with Gasteiger partial charge < -0.3 is 19.5 Å². The monoisotopic (exact) mass is 407 g/mol. The van der Waals surface area contributed by atoms with Crippen molar-refractivity contribution in [3.05, 3.63) is 23.6 Å². The predicted molar refractivity (Wildman–Crippen MR) is 107 cm³/mol. The van der Waals surface area contributed by atoms with Crippen LogP contribution in [0, 0.1) is 5.92 Å². The van der Waals surface area contributed by atoms with Crippen molar-refractivity contribution in [3.8, 4) is 11.5 Å². The molecule has 0 amide bonds. The number of benzene rings is 1. The minimum Gasteiger partial charge on any atom is -0.493 e. The molecule has 152 valence electrons. The summed E-state index contributed by atoms with van der Waals surface area (Å²) in [6, 6.07) is 3.45. The van der Waals surface area contributed by atoms with Crippen LogP contribution in [0.5, 0.6) is 11.5 Å². The molecule has 0 bridgehead atoms. The number of carbonyl (C=O) groups is 1. The van der Waals surface area contributed by atoms with E-state index in [9.17, 15) is 4.79 Å². The van der Waals surface area contributed by atoms with E-state index in [2.05, 4.69) is 15.3 Å². The molecule has 1 atom stereocenters. The van der Waals surface area contributed by atoms with E-state index in [4.69, 9.17) is 25.8 Å². The molecule has 28 heavy (non-hydrogen) atoms. The molecule has 8 heteroatoms. The number of esters is 1. The van der Waals surface area contributed by atoms with Crippen LogP contribution in [0.15, 0.2) is 18.5 Å². The number of nitrogens with one attached hydrogen (secondary N) is 1. The van der Waals surface area contributed by atoms with Gasteiger partial charge in [-0.05, 0) is 52.8 Å². The van der Waals surface area contributed by atoms with Crippen LogP contribution < -0.4 is 14.8 Å². The molecule has 7 nitrogen and oxygen atoms in total. The zero-order chi connectivity index (χ0) is 20.3. The Labute approximate surface area is 169 Å². The molecule has 2 heterocycles. The highest BCUT2D eigenvalue weighted by Crippen LogP contribution is 2.36. The summed E-state index contributed by atoms with van der Waals surface area (Å²) in [6.07, 6.45) is 2.31. The van der Waals surface area contributed by atoms with E-state index in [1.165, 1.54) is 6.33 Å². The number of rotatable bonds is 5. The van der Waals surface area contributed by atoms with Crippen LogP contribution >= 0.6 is 11.6 Å². The summed E-state index contributed by atoms with van der Waals surface area (Å²) in [5.41, 5.74) is 0.0175. The van der Waals surface area contributed by atoms with Crippen molar-refractivity contribution in [2.24, 2.45) is 5.92 Å². The lowest BCUT2D eigenvalue weighted by Crippen LogP contribution is -2.44. The van der Waals surface area contributed by atoms with Gasteiger partial charge >= 0.3 is 5.97 Å². The number of fused-ring (bicyclic) bond motifs is 1. The number of hydrogen-bond donors (Lipinski definition) is 1. The van der Waals surface area contributed by atoms with E-state index in [0.717, 1.165) is 25.9 Å². The Morgan fingerprint density at radius 1 is 1.21 bits per heavy atom. The van der Waals surface area contributed by atoms with Crippen molar-refractivity contribution >= 4 is 28.5 Å². The Morgan fingerprint density at radius 3 is 2.57 bits per heavy atom. The van der Waals surface area contributed by atoms with Gasteiger partial charge in [-0.2, -0.15) is 0 Å². The Kier molecular flexibility index (Phi) is 6.25. The lowest BCUT2D eigenvalue weighted by molar-refractivity contribution is -0.166. The summed E-state index contributed by atoms with van der Waals surface area (Å²) in [5.74, 6) is 0.568. The van der Waals surface area contributed by atoms with E-state index in [0.29, 0.717) is 27.6 Å². The van der Waals surface area contributed by atoms with Crippen LogP contribution in [0.25, 0.3) is 10.9 Å². The van der Waals surface area contributed by atoms with Crippen LogP contribution in [-0.4, -0.2) is 47.8 Å². The van der Waals surface area contributed by atoms with Crippen molar-refractivity contribution in [3.63, 3.8) is 0 Å². The summed E-state index contributed by atoms with van der Waals surface area (Å²) in [4.78, 5) is 21.2.